The van der Waals surface area contributed by atoms with Crippen molar-refractivity contribution in [2.24, 2.45) is 5.92 Å². The lowest BCUT2D eigenvalue weighted by Crippen LogP contribution is -2.41. The Kier molecular flexibility index (Phi) is 5.26. The molecule has 0 aromatic heterocycles. The van der Waals surface area contributed by atoms with E-state index in [9.17, 15) is 14.0 Å². The standard InChI is InChI=1S/C18H21FO5/c1-11(2)7-8-22-15-6-5-13(19)9-12(15)10-14-16(20)23-18(3,4)24-17(14)21/h5-6,9-11H,7-8H2,1-4H3. The van der Waals surface area contributed by atoms with Gasteiger partial charge in [0.2, 0.25) is 0 Å². The van der Waals surface area contributed by atoms with E-state index in [2.05, 4.69) is 13.8 Å². The number of esters is 2. The van der Waals surface area contributed by atoms with E-state index in [4.69, 9.17) is 14.2 Å². The first-order valence-electron chi connectivity index (χ1n) is 7.78. The Balaban J connectivity index is 2.29. The minimum atomic E-state index is -1.32. The Labute approximate surface area is 140 Å². The van der Waals surface area contributed by atoms with Crippen LogP contribution in [0.2, 0.25) is 0 Å². The molecule has 0 saturated carbocycles. The molecule has 1 saturated heterocycles. The van der Waals surface area contributed by atoms with Crippen molar-refractivity contribution in [1.82, 2.24) is 0 Å². The summed E-state index contributed by atoms with van der Waals surface area (Å²) in [5.74, 6) is -2.60. The summed E-state index contributed by atoms with van der Waals surface area (Å²) < 4.78 is 29.2. The lowest BCUT2D eigenvalue weighted by molar-refractivity contribution is -0.222. The number of ether oxygens (including phenoxy) is 3. The highest BCUT2D eigenvalue weighted by molar-refractivity contribution is 6.19. The van der Waals surface area contributed by atoms with E-state index in [-0.39, 0.29) is 11.1 Å². The number of carbonyl (C=O) groups is 2. The summed E-state index contributed by atoms with van der Waals surface area (Å²) in [4.78, 5) is 24.0. The molecule has 0 amide bonds. The Bertz CT molecular complexity index is 654. The molecule has 1 aliphatic heterocycles. The van der Waals surface area contributed by atoms with Crippen molar-refractivity contribution >= 4 is 18.0 Å². The molecule has 24 heavy (non-hydrogen) atoms. The van der Waals surface area contributed by atoms with Gasteiger partial charge in [-0.05, 0) is 36.6 Å². The first kappa shape index (κ1) is 18.0. The largest absolute Gasteiger partial charge is 0.493 e. The molecule has 1 aromatic carbocycles. The van der Waals surface area contributed by atoms with Crippen LogP contribution in [0.4, 0.5) is 4.39 Å². The van der Waals surface area contributed by atoms with E-state index in [1.165, 1.54) is 38.1 Å². The van der Waals surface area contributed by atoms with Crippen LogP contribution in [0.1, 0.15) is 39.7 Å². The SMILES string of the molecule is CC(C)CCOc1ccc(F)cc1C=C1C(=O)OC(C)(C)OC1=O. The third-order valence-corrected chi connectivity index (χ3v) is 3.34. The molecule has 2 rings (SSSR count). The summed E-state index contributed by atoms with van der Waals surface area (Å²) in [5.41, 5.74) is -0.0176. The minimum Gasteiger partial charge on any atom is -0.493 e. The van der Waals surface area contributed by atoms with E-state index in [1.54, 1.807) is 0 Å². The van der Waals surface area contributed by atoms with Gasteiger partial charge < -0.3 is 14.2 Å². The quantitative estimate of drug-likeness (QED) is 0.468. The van der Waals surface area contributed by atoms with Gasteiger partial charge in [-0.15, -0.1) is 0 Å². The monoisotopic (exact) mass is 336 g/mol. The zero-order chi connectivity index (χ0) is 17.9. The number of hydrogen-bond donors (Lipinski definition) is 0. The van der Waals surface area contributed by atoms with Gasteiger partial charge in [0.1, 0.15) is 17.1 Å². The maximum atomic E-state index is 13.6. The van der Waals surface area contributed by atoms with Gasteiger partial charge in [-0.1, -0.05) is 13.8 Å². The van der Waals surface area contributed by atoms with Crippen LogP contribution in [0.15, 0.2) is 23.8 Å². The fourth-order valence-electron chi connectivity index (χ4n) is 2.10. The molecule has 6 heteroatoms. The van der Waals surface area contributed by atoms with Crippen molar-refractivity contribution in [3.8, 4) is 5.75 Å². The lowest BCUT2D eigenvalue weighted by atomic mass is 10.1. The van der Waals surface area contributed by atoms with Crippen LogP contribution < -0.4 is 4.74 Å². The Morgan fingerprint density at radius 1 is 1.21 bits per heavy atom. The first-order chi connectivity index (χ1) is 11.2. The highest BCUT2D eigenvalue weighted by Crippen LogP contribution is 2.28. The second kappa shape index (κ2) is 7.03. The van der Waals surface area contributed by atoms with Crippen LogP contribution >= 0.6 is 0 Å². The van der Waals surface area contributed by atoms with E-state index < -0.39 is 23.5 Å². The van der Waals surface area contributed by atoms with E-state index in [0.29, 0.717) is 18.3 Å². The van der Waals surface area contributed by atoms with Crippen LogP contribution in [0.3, 0.4) is 0 Å². The third kappa shape index (κ3) is 4.57. The Hall–Kier alpha value is -2.37. The van der Waals surface area contributed by atoms with Crippen molar-refractivity contribution in [3.63, 3.8) is 0 Å². The van der Waals surface area contributed by atoms with Crippen molar-refractivity contribution in [2.45, 2.75) is 39.9 Å². The van der Waals surface area contributed by atoms with Crippen molar-refractivity contribution in [3.05, 3.63) is 35.2 Å². The number of rotatable bonds is 5. The van der Waals surface area contributed by atoms with Gasteiger partial charge in [-0.25, -0.2) is 14.0 Å². The average Bonchev–Trinajstić information content (AvgIpc) is 2.43. The van der Waals surface area contributed by atoms with Gasteiger partial charge in [0, 0.05) is 19.4 Å². The van der Waals surface area contributed by atoms with Crippen LogP contribution in [0.5, 0.6) is 5.75 Å². The summed E-state index contributed by atoms with van der Waals surface area (Å²) in [6.07, 6.45) is 2.05. The van der Waals surface area contributed by atoms with Crippen LogP contribution in [0.25, 0.3) is 6.08 Å². The maximum absolute atomic E-state index is 13.6. The van der Waals surface area contributed by atoms with Crippen molar-refractivity contribution in [1.29, 1.82) is 0 Å². The van der Waals surface area contributed by atoms with Gasteiger partial charge in [0.15, 0.2) is 0 Å². The van der Waals surface area contributed by atoms with E-state index in [1.807, 2.05) is 0 Å². The smallest absolute Gasteiger partial charge is 0.348 e. The van der Waals surface area contributed by atoms with Gasteiger partial charge >= 0.3 is 11.9 Å². The zero-order valence-electron chi connectivity index (χ0n) is 14.2. The van der Waals surface area contributed by atoms with Crippen molar-refractivity contribution in [2.75, 3.05) is 6.61 Å². The molecule has 1 fully saturated rings. The van der Waals surface area contributed by atoms with Crippen LogP contribution in [-0.4, -0.2) is 24.3 Å². The lowest BCUT2D eigenvalue weighted by Gasteiger charge is -2.29. The molecule has 0 aliphatic carbocycles. The molecule has 0 spiro atoms. The topological polar surface area (TPSA) is 61.8 Å². The van der Waals surface area contributed by atoms with E-state index >= 15 is 0 Å². The van der Waals surface area contributed by atoms with Crippen LogP contribution in [-0.2, 0) is 19.1 Å². The molecule has 0 atom stereocenters. The molecule has 1 heterocycles. The summed E-state index contributed by atoms with van der Waals surface area (Å²) in [6, 6.07) is 3.91. The number of hydrogen-bond acceptors (Lipinski definition) is 5. The van der Waals surface area contributed by atoms with Gasteiger partial charge in [-0.3, -0.25) is 0 Å². The Morgan fingerprint density at radius 3 is 2.42 bits per heavy atom. The molecule has 130 valence electrons. The second-order valence-electron chi connectivity index (χ2n) is 6.45. The fraction of sp³-hybridized carbons (Fsp3) is 0.444. The normalized spacial score (nSPS) is 16.7. The molecule has 0 radical (unpaired) electrons. The van der Waals surface area contributed by atoms with Crippen LogP contribution in [0, 0.1) is 11.7 Å². The molecule has 0 unspecified atom stereocenters. The van der Waals surface area contributed by atoms with Gasteiger partial charge in [0.05, 0.1) is 6.61 Å². The number of carbonyl (C=O) groups excluding carboxylic acids is 2. The molecular formula is C18H21FO5. The predicted molar refractivity (Wildman–Crippen MR) is 85.6 cm³/mol. The fourth-order valence-corrected chi connectivity index (χ4v) is 2.10. The molecule has 5 nitrogen and oxygen atoms in total. The van der Waals surface area contributed by atoms with Gasteiger partial charge in [-0.2, -0.15) is 0 Å². The van der Waals surface area contributed by atoms with Crippen molar-refractivity contribution < 1.29 is 28.2 Å². The summed E-state index contributed by atoms with van der Waals surface area (Å²) in [6.45, 7) is 7.49. The number of cyclic esters (lactones) is 2. The predicted octanol–water partition coefficient (Wildman–Crippen LogP) is 3.47. The molecule has 0 N–H and O–H groups in total. The highest BCUT2D eigenvalue weighted by Gasteiger charge is 2.39. The summed E-state index contributed by atoms with van der Waals surface area (Å²) in [5, 5.41) is 0. The average molecular weight is 336 g/mol. The first-order valence-corrected chi connectivity index (χ1v) is 7.78. The minimum absolute atomic E-state index is 0.280. The second-order valence-corrected chi connectivity index (χ2v) is 6.45. The zero-order valence-corrected chi connectivity index (χ0v) is 14.2. The number of benzene rings is 1. The highest BCUT2D eigenvalue weighted by atomic mass is 19.1. The summed E-state index contributed by atoms with van der Waals surface area (Å²) >= 11 is 0. The molecule has 1 aromatic rings. The summed E-state index contributed by atoms with van der Waals surface area (Å²) in [7, 11) is 0. The molecule has 1 aliphatic rings. The third-order valence-electron chi connectivity index (χ3n) is 3.34. The molecular weight excluding hydrogens is 315 g/mol. The van der Waals surface area contributed by atoms with E-state index in [0.717, 1.165) is 6.42 Å². The maximum Gasteiger partial charge on any atom is 0.348 e. The Morgan fingerprint density at radius 2 is 1.83 bits per heavy atom. The van der Waals surface area contributed by atoms with Gasteiger partial charge in [0.25, 0.3) is 5.79 Å². The number of halogens is 1. The molecule has 0 bridgehead atoms.